The molecule has 1 aromatic rings. The van der Waals surface area contributed by atoms with E-state index in [4.69, 9.17) is 4.52 Å². The van der Waals surface area contributed by atoms with Gasteiger partial charge in [-0.05, 0) is 20.8 Å². The smallest absolute Gasteiger partial charge is 0.311 e. The Morgan fingerprint density at radius 3 is 2.55 bits per heavy atom. The lowest BCUT2D eigenvalue weighted by molar-refractivity contribution is -0.146. The van der Waals surface area contributed by atoms with E-state index in [0.29, 0.717) is 18.8 Å². The van der Waals surface area contributed by atoms with Gasteiger partial charge in [-0.15, -0.1) is 0 Å². The zero-order valence-corrected chi connectivity index (χ0v) is 12.0. The SMILES string of the molecule is Cc1noc(C)c1C(C)NC(=O)C(=O)N1CCNCC1. The summed E-state index contributed by atoms with van der Waals surface area (Å²) in [6, 6.07) is -0.305. The minimum absolute atomic E-state index is 0.305. The number of rotatable bonds is 2. The van der Waals surface area contributed by atoms with Crippen molar-refractivity contribution in [2.45, 2.75) is 26.8 Å². The molecule has 0 spiro atoms. The van der Waals surface area contributed by atoms with Crippen molar-refractivity contribution < 1.29 is 14.1 Å². The summed E-state index contributed by atoms with van der Waals surface area (Å²) in [5.74, 6) is -0.408. The van der Waals surface area contributed by atoms with Crippen LogP contribution in [-0.4, -0.2) is 48.0 Å². The molecule has 1 aromatic heterocycles. The maximum atomic E-state index is 12.0. The number of carbonyl (C=O) groups excluding carboxylic acids is 2. The maximum Gasteiger partial charge on any atom is 0.311 e. The summed E-state index contributed by atoms with van der Waals surface area (Å²) >= 11 is 0. The molecule has 2 amide bonds. The van der Waals surface area contributed by atoms with Crippen LogP contribution in [0.5, 0.6) is 0 Å². The Labute approximate surface area is 117 Å². The molecule has 0 saturated carbocycles. The minimum Gasteiger partial charge on any atom is -0.361 e. The number of hydrogen-bond acceptors (Lipinski definition) is 5. The Bertz CT molecular complexity index is 486. The standard InChI is InChI=1S/C13H20N4O3/c1-8(11-9(2)16-20-10(11)3)15-12(18)13(19)17-6-4-14-5-7-17/h8,14H,4-7H2,1-3H3,(H,15,18). The molecule has 1 saturated heterocycles. The van der Waals surface area contributed by atoms with Crippen LogP contribution in [0, 0.1) is 13.8 Å². The second kappa shape index (κ2) is 6.04. The van der Waals surface area contributed by atoms with E-state index in [1.165, 1.54) is 0 Å². The molecule has 1 unspecified atom stereocenters. The molecule has 0 bridgehead atoms. The normalized spacial score (nSPS) is 16.9. The Morgan fingerprint density at radius 2 is 2.00 bits per heavy atom. The van der Waals surface area contributed by atoms with Gasteiger partial charge in [-0.3, -0.25) is 9.59 Å². The topological polar surface area (TPSA) is 87.5 Å². The highest BCUT2D eigenvalue weighted by Crippen LogP contribution is 2.20. The number of nitrogens with zero attached hydrogens (tertiary/aromatic N) is 2. The second-order valence-corrected chi connectivity index (χ2v) is 4.98. The first kappa shape index (κ1) is 14.5. The zero-order valence-electron chi connectivity index (χ0n) is 12.0. The zero-order chi connectivity index (χ0) is 14.7. The van der Waals surface area contributed by atoms with Crippen molar-refractivity contribution >= 4 is 11.8 Å². The maximum absolute atomic E-state index is 12.0. The van der Waals surface area contributed by atoms with Gasteiger partial charge in [-0.25, -0.2) is 0 Å². The number of aryl methyl sites for hydroxylation is 2. The third-order valence-corrected chi connectivity index (χ3v) is 3.47. The Kier molecular flexibility index (Phi) is 4.39. The summed E-state index contributed by atoms with van der Waals surface area (Å²) in [4.78, 5) is 25.6. The summed E-state index contributed by atoms with van der Waals surface area (Å²) in [6.45, 7) is 7.98. The summed E-state index contributed by atoms with van der Waals surface area (Å²) in [6.07, 6.45) is 0. The van der Waals surface area contributed by atoms with E-state index in [9.17, 15) is 9.59 Å². The molecule has 1 fully saturated rings. The first-order valence-corrected chi connectivity index (χ1v) is 6.74. The average Bonchev–Trinajstić information content (AvgIpc) is 2.78. The van der Waals surface area contributed by atoms with Crippen LogP contribution in [0.15, 0.2) is 4.52 Å². The van der Waals surface area contributed by atoms with Gasteiger partial charge in [0.05, 0.1) is 11.7 Å². The Hall–Kier alpha value is -1.89. The van der Waals surface area contributed by atoms with Gasteiger partial charge >= 0.3 is 11.8 Å². The van der Waals surface area contributed by atoms with Crippen LogP contribution in [0.25, 0.3) is 0 Å². The molecule has 0 aromatic carbocycles. The number of aromatic nitrogens is 1. The van der Waals surface area contributed by atoms with Crippen LogP contribution in [0.4, 0.5) is 0 Å². The van der Waals surface area contributed by atoms with Crippen molar-refractivity contribution in [1.82, 2.24) is 20.7 Å². The fourth-order valence-corrected chi connectivity index (χ4v) is 2.45. The number of carbonyl (C=O) groups is 2. The average molecular weight is 280 g/mol. The van der Waals surface area contributed by atoms with Crippen molar-refractivity contribution in [3.05, 3.63) is 17.0 Å². The van der Waals surface area contributed by atoms with Crippen molar-refractivity contribution in [2.75, 3.05) is 26.2 Å². The third kappa shape index (κ3) is 2.98. The van der Waals surface area contributed by atoms with E-state index < -0.39 is 11.8 Å². The van der Waals surface area contributed by atoms with E-state index in [-0.39, 0.29) is 6.04 Å². The first-order valence-electron chi connectivity index (χ1n) is 6.74. The molecule has 0 radical (unpaired) electrons. The highest BCUT2D eigenvalue weighted by Gasteiger charge is 2.26. The Morgan fingerprint density at radius 1 is 1.35 bits per heavy atom. The first-order chi connectivity index (χ1) is 9.50. The molecule has 1 aliphatic rings. The van der Waals surface area contributed by atoms with Gasteiger partial charge in [-0.2, -0.15) is 0 Å². The van der Waals surface area contributed by atoms with E-state index in [1.807, 2.05) is 13.8 Å². The molecule has 1 aliphatic heterocycles. The lowest BCUT2D eigenvalue weighted by Crippen LogP contribution is -2.51. The van der Waals surface area contributed by atoms with Crippen molar-refractivity contribution in [1.29, 1.82) is 0 Å². The van der Waals surface area contributed by atoms with E-state index in [0.717, 1.165) is 24.3 Å². The van der Waals surface area contributed by atoms with Gasteiger partial charge in [0.25, 0.3) is 0 Å². The van der Waals surface area contributed by atoms with Crippen molar-refractivity contribution in [3.8, 4) is 0 Å². The van der Waals surface area contributed by atoms with Crippen LogP contribution >= 0.6 is 0 Å². The van der Waals surface area contributed by atoms with E-state index >= 15 is 0 Å². The highest BCUT2D eigenvalue weighted by atomic mass is 16.5. The fourth-order valence-electron chi connectivity index (χ4n) is 2.45. The molecule has 0 aliphatic carbocycles. The molecule has 2 N–H and O–H groups in total. The predicted octanol–water partition coefficient (Wildman–Crippen LogP) is -0.0996. The van der Waals surface area contributed by atoms with Crippen LogP contribution in [-0.2, 0) is 9.59 Å². The number of nitrogens with one attached hydrogen (secondary N) is 2. The summed E-state index contributed by atoms with van der Waals surface area (Å²) < 4.78 is 5.07. The van der Waals surface area contributed by atoms with Gasteiger partial charge in [0.2, 0.25) is 0 Å². The lowest BCUT2D eigenvalue weighted by Gasteiger charge is -2.27. The summed E-state index contributed by atoms with van der Waals surface area (Å²) in [5, 5.41) is 9.70. The van der Waals surface area contributed by atoms with E-state index in [1.54, 1.807) is 11.8 Å². The molecule has 1 atom stereocenters. The fraction of sp³-hybridized carbons (Fsp3) is 0.615. The lowest BCUT2D eigenvalue weighted by atomic mass is 10.1. The van der Waals surface area contributed by atoms with Crippen LogP contribution in [0.3, 0.4) is 0 Å². The molecular formula is C13H20N4O3. The van der Waals surface area contributed by atoms with Gasteiger partial charge in [0.1, 0.15) is 5.76 Å². The molecular weight excluding hydrogens is 260 g/mol. The van der Waals surface area contributed by atoms with Crippen LogP contribution < -0.4 is 10.6 Å². The molecule has 2 heterocycles. The van der Waals surface area contributed by atoms with Gasteiger partial charge in [0, 0.05) is 31.7 Å². The number of hydrogen-bond donors (Lipinski definition) is 2. The molecule has 20 heavy (non-hydrogen) atoms. The third-order valence-electron chi connectivity index (χ3n) is 3.47. The van der Waals surface area contributed by atoms with E-state index in [2.05, 4.69) is 15.8 Å². The van der Waals surface area contributed by atoms with Gasteiger partial charge < -0.3 is 20.1 Å². The molecule has 7 nitrogen and oxygen atoms in total. The number of piperazine rings is 1. The van der Waals surface area contributed by atoms with Crippen molar-refractivity contribution in [3.63, 3.8) is 0 Å². The van der Waals surface area contributed by atoms with Crippen LogP contribution in [0.2, 0.25) is 0 Å². The molecule has 2 rings (SSSR count). The summed E-state index contributed by atoms with van der Waals surface area (Å²) in [7, 11) is 0. The quantitative estimate of drug-likeness (QED) is 0.739. The largest absolute Gasteiger partial charge is 0.361 e. The monoisotopic (exact) mass is 280 g/mol. The van der Waals surface area contributed by atoms with Crippen LogP contribution in [0.1, 0.15) is 30.0 Å². The molecule has 7 heteroatoms. The van der Waals surface area contributed by atoms with Gasteiger partial charge in [-0.1, -0.05) is 5.16 Å². The predicted molar refractivity (Wildman–Crippen MR) is 72.0 cm³/mol. The number of amides is 2. The summed E-state index contributed by atoms with van der Waals surface area (Å²) in [5.41, 5.74) is 1.55. The highest BCUT2D eigenvalue weighted by molar-refractivity contribution is 6.35. The van der Waals surface area contributed by atoms with Gasteiger partial charge in [0.15, 0.2) is 0 Å². The Balaban J connectivity index is 1.98. The second-order valence-electron chi connectivity index (χ2n) is 4.98. The molecule has 110 valence electrons. The van der Waals surface area contributed by atoms with Crippen molar-refractivity contribution in [2.24, 2.45) is 0 Å². The minimum atomic E-state index is -0.584.